The molecule has 0 saturated carbocycles. The standard InChI is InChI=1S/C31H31FN4O2S/c1-4-21(3)33-26(37)18-35-27(38)19-39-30(25-13-9-8-10-20(25)2)28-29(22-11-6-5-7-12-22)34-36(31(28)35)24-16-14-23(32)15-17-24/h5-17,21,30H,4,18-19H2,1-3H3,(H,33,37)/t21-,30+/m0/s1. The van der Waals surface area contributed by atoms with Crippen molar-refractivity contribution in [2.45, 2.75) is 38.5 Å². The molecule has 39 heavy (non-hydrogen) atoms. The predicted octanol–water partition coefficient (Wildman–Crippen LogP) is 6.07. The van der Waals surface area contributed by atoms with Crippen LogP contribution in [-0.2, 0) is 9.59 Å². The van der Waals surface area contributed by atoms with Crippen LogP contribution in [0.4, 0.5) is 10.2 Å². The molecule has 1 aromatic heterocycles. The van der Waals surface area contributed by atoms with Crippen molar-refractivity contribution in [3.63, 3.8) is 0 Å². The smallest absolute Gasteiger partial charge is 0.240 e. The van der Waals surface area contributed by atoms with Crippen molar-refractivity contribution in [1.29, 1.82) is 0 Å². The average Bonchev–Trinajstić information content (AvgIpc) is 3.27. The molecule has 2 amide bonds. The van der Waals surface area contributed by atoms with Gasteiger partial charge in [0.05, 0.1) is 22.4 Å². The van der Waals surface area contributed by atoms with Crippen molar-refractivity contribution in [2.75, 3.05) is 17.2 Å². The molecular formula is C31H31FN4O2S. The molecule has 0 unspecified atom stereocenters. The van der Waals surface area contributed by atoms with Gasteiger partial charge >= 0.3 is 0 Å². The molecule has 0 spiro atoms. The van der Waals surface area contributed by atoms with Gasteiger partial charge in [0.15, 0.2) is 0 Å². The summed E-state index contributed by atoms with van der Waals surface area (Å²) in [7, 11) is 0. The molecule has 1 N–H and O–H groups in total. The van der Waals surface area contributed by atoms with E-state index >= 15 is 0 Å². The highest BCUT2D eigenvalue weighted by atomic mass is 32.2. The van der Waals surface area contributed by atoms with Gasteiger partial charge in [0.2, 0.25) is 11.8 Å². The molecule has 1 aliphatic heterocycles. The van der Waals surface area contributed by atoms with Gasteiger partial charge in [0.25, 0.3) is 0 Å². The van der Waals surface area contributed by atoms with E-state index in [9.17, 15) is 14.0 Å². The number of carbonyl (C=O) groups excluding carboxylic acids is 2. The van der Waals surface area contributed by atoms with Crippen LogP contribution in [-0.4, -0.2) is 39.9 Å². The van der Waals surface area contributed by atoms with E-state index in [0.717, 1.165) is 34.4 Å². The van der Waals surface area contributed by atoms with Gasteiger partial charge in [-0.25, -0.2) is 9.07 Å². The number of thioether (sulfide) groups is 1. The van der Waals surface area contributed by atoms with Gasteiger partial charge < -0.3 is 5.32 Å². The van der Waals surface area contributed by atoms with Crippen molar-refractivity contribution < 1.29 is 14.0 Å². The minimum absolute atomic E-state index is 0.0185. The summed E-state index contributed by atoms with van der Waals surface area (Å²) in [6.07, 6.45) is 0.780. The molecule has 2 atom stereocenters. The fourth-order valence-corrected chi connectivity index (χ4v) is 6.08. The number of aromatic nitrogens is 2. The zero-order valence-electron chi connectivity index (χ0n) is 22.2. The fraction of sp³-hybridized carbons (Fsp3) is 0.258. The van der Waals surface area contributed by atoms with Crippen LogP contribution in [0.15, 0.2) is 78.9 Å². The number of carbonyl (C=O) groups is 2. The van der Waals surface area contributed by atoms with E-state index in [2.05, 4.69) is 24.4 Å². The SMILES string of the molecule is CC[C@H](C)NC(=O)CN1C(=O)CS[C@H](c2ccccc2C)c2c(-c3ccccc3)nn(-c3ccc(F)cc3)c21. The summed E-state index contributed by atoms with van der Waals surface area (Å²) in [6.45, 7) is 5.86. The Kier molecular flexibility index (Phi) is 7.84. The summed E-state index contributed by atoms with van der Waals surface area (Å²) in [5.41, 5.74) is 5.26. The van der Waals surface area contributed by atoms with Gasteiger partial charge in [-0.1, -0.05) is 61.5 Å². The summed E-state index contributed by atoms with van der Waals surface area (Å²) in [5, 5.41) is 7.81. The Morgan fingerprint density at radius 2 is 1.77 bits per heavy atom. The number of hydrogen-bond acceptors (Lipinski definition) is 4. The van der Waals surface area contributed by atoms with Crippen LogP contribution in [0.3, 0.4) is 0 Å². The predicted molar refractivity (Wildman–Crippen MR) is 155 cm³/mol. The number of nitrogens with zero attached hydrogens (tertiary/aromatic N) is 3. The Morgan fingerprint density at radius 1 is 1.08 bits per heavy atom. The lowest BCUT2D eigenvalue weighted by Gasteiger charge is -2.24. The maximum Gasteiger partial charge on any atom is 0.240 e. The first-order valence-corrected chi connectivity index (χ1v) is 14.1. The van der Waals surface area contributed by atoms with Crippen LogP contribution in [0, 0.1) is 12.7 Å². The fourth-order valence-electron chi connectivity index (χ4n) is 4.78. The molecule has 5 rings (SSSR count). The molecule has 0 radical (unpaired) electrons. The van der Waals surface area contributed by atoms with E-state index < -0.39 is 0 Å². The van der Waals surface area contributed by atoms with Crippen LogP contribution >= 0.6 is 11.8 Å². The van der Waals surface area contributed by atoms with E-state index in [1.165, 1.54) is 23.9 Å². The van der Waals surface area contributed by atoms with Gasteiger partial charge in [-0.3, -0.25) is 14.5 Å². The summed E-state index contributed by atoms with van der Waals surface area (Å²) < 4.78 is 15.6. The zero-order chi connectivity index (χ0) is 27.5. The van der Waals surface area contributed by atoms with Crippen LogP contribution in [0.1, 0.15) is 42.2 Å². The lowest BCUT2D eigenvalue weighted by molar-refractivity contribution is -0.123. The topological polar surface area (TPSA) is 67.2 Å². The Bertz CT molecular complexity index is 1490. The molecule has 0 bridgehead atoms. The Labute approximate surface area is 232 Å². The van der Waals surface area contributed by atoms with Gasteiger partial charge in [0, 0.05) is 17.2 Å². The quantitative estimate of drug-likeness (QED) is 0.308. The van der Waals surface area contributed by atoms with Crippen LogP contribution in [0.5, 0.6) is 0 Å². The van der Waals surface area contributed by atoms with E-state index in [4.69, 9.17) is 5.10 Å². The first kappa shape index (κ1) is 26.7. The third-order valence-electron chi connectivity index (χ3n) is 7.00. The number of hydrogen-bond donors (Lipinski definition) is 1. The number of aryl methyl sites for hydroxylation is 1. The largest absolute Gasteiger partial charge is 0.352 e. The number of amides is 2. The highest BCUT2D eigenvalue weighted by Gasteiger charge is 2.38. The van der Waals surface area contributed by atoms with E-state index in [1.807, 2.05) is 56.3 Å². The molecule has 0 saturated heterocycles. The first-order chi connectivity index (χ1) is 18.9. The number of halogens is 1. The van der Waals surface area contributed by atoms with Gasteiger partial charge in [-0.15, -0.1) is 11.8 Å². The van der Waals surface area contributed by atoms with Gasteiger partial charge in [-0.05, 0) is 55.7 Å². The molecular weight excluding hydrogens is 511 g/mol. The van der Waals surface area contributed by atoms with E-state index in [1.54, 1.807) is 21.7 Å². The third kappa shape index (κ3) is 5.47. The molecule has 0 aliphatic carbocycles. The lowest BCUT2D eigenvalue weighted by atomic mass is 9.97. The van der Waals surface area contributed by atoms with Crippen molar-refractivity contribution >= 4 is 29.4 Å². The Hall–Kier alpha value is -3.91. The first-order valence-electron chi connectivity index (χ1n) is 13.1. The van der Waals surface area contributed by atoms with E-state index in [-0.39, 0.29) is 41.2 Å². The minimum Gasteiger partial charge on any atom is -0.352 e. The monoisotopic (exact) mass is 542 g/mol. The molecule has 2 heterocycles. The average molecular weight is 543 g/mol. The van der Waals surface area contributed by atoms with E-state index in [0.29, 0.717) is 11.5 Å². The second kappa shape index (κ2) is 11.5. The second-order valence-electron chi connectivity index (χ2n) is 9.74. The van der Waals surface area contributed by atoms with Crippen molar-refractivity contribution in [3.05, 3.63) is 101 Å². The second-order valence-corrected chi connectivity index (χ2v) is 10.8. The summed E-state index contributed by atoms with van der Waals surface area (Å²) in [5.74, 6) is -0.0600. The highest BCUT2D eigenvalue weighted by molar-refractivity contribution is 8.00. The molecule has 4 aromatic rings. The maximum atomic E-state index is 13.9. The van der Waals surface area contributed by atoms with Crippen molar-refractivity contribution in [2.24, 2.45) is 0 Å². The molecule has 8 heteroatoms. The third-order valence-corrected chi connectivity index (χ3v) is 8.24. The van der Waals surface area contributed by atoms with Gasteiger partial charge in [-0.2, -0.15) is 5.10 Å². The lowest BCUT2D eigenvalue weighted by Crippen LogP contribution is -2.44. The number of nitrogens with one attached hydrogen (secondary N) is 1. The zero-order valence-corrected chi connectivity index (χ0v) is 23.0. The number of rotatable bonds is 7. The highest BCUT2D eigenvalue weighted by Crippen LogP contribution is 2.49. The number of anilines is 1. The Morgan fingerprint density at radius 3 is 2.46 bits per heavy atom. The number of benzene rings is 3. The van der Waals surface area contributed by atoms with Gasteiger partial charge in [0.1, 0.15) is 18.2 Å². The van der Waals surface area contributed by atoms with Crippen LogP contribution in [0.2, 0.25) is 0 Å². The molecule has 6 nitrogen and oxygen atoms in total. The van der Waals surface area contributed by atoms with Crippen LogP contribution < -0.4 is 10.2 Å². The Balaban J connectivity index is 1.78. The van der Waals surface area contributed by atoms with Crippen molar-refractivity contribution in [3.8, 4) is 16.9 Å². The minimum atomic E-state index is -0.366. The molecule has 3 aromatic carbocycles. The summed E-state index contributed by atoms with van der Waals surface area (Å²) in [6, 6.07) is 24.0. The van der Waals surface area contributed by atoms with Crippen LogP contribution in [0.25, 0.3) is 16.9 Å². The molecule has 0 fully saturated rings. The summed E-state index contributed by atoms with van der Waals surface area (Å²) >= 11 is 1.53. The normalized spacial score (nSPS) is 15.9. The molecule has 200 valence electrons. The molecule has 1 aliphatic rings. The summed E-state index contributed by atoms with van der Waals surface area (Å²) in [4.78, 5) is 28.4. The maximum absolute atomic E-state index is 13.9. The number of fused-ring (bicyclic) bond motifs is 1. The van der Waals surface area contributed by atoms with Crippen molar-refractivity contribution in [1.82, 2.24) is 15.1 Å².